The van der Waals surface area contributed by atoms with Gasteiger partial charge in [0.15, 0.2) is 5.25 Å². The van der Waals surface area contributed by atoms with Crippen LogP contribution in [0.2, 0.25) is 0 Å². The number of carbonyl (C=O) groups is 1. The molecule has 7 heteroatoms. The molecule has 2 atom stereocenters. The average molecular weight is 301 g/mol. The van der Waals surface area contributed by atoms with E-state index in [1.54, 1.807) is 31.4 Å². The lowest BCUT2D eigenvalue weighted by Crippen LogP contribution is -2.39. The Morgan fingerprint density at radius 1 is 1.35 bits per heavy atom. The summed E-state index contributed by atoms with van der Waals surface area (Å²) in [5.74, 6) is -0.701. The minimum absolute atomic E-state index is 0.465. The smallest absolute Gasteiger partial charge is 0.323 e. The highest BCUT2D eigenvalue weighted by atomic mass is 32.2. The van der Waals surface area contributed by atoms with E-state index in [4.69, 9.17) is 9.84 Å². The number of hydrogen-bond acceptors (Lipinski definition) is 4. The van der Waals surface area contributed by atoms with Gasteiger partial charge in [0.05, 0.1) is 7.11 Å². The van der Waals surface area contributed by atoms with Gasteiger partial charge in [-0.05, 0) is 31.0 Å². The number of aliphatic carboxylic acids is 1. The normalized spacial score (nSPS) is 14.6. The zero-order chi connectivity index (χ0) is 15.3. The van der Waals surface area contributed by atoms with E-state index in [0.717, 1.165) is 12.5 Å². The summed E-state index contributed by atoms with van der Waals surface area (Å²) >= 11 is 0. The van der Waals surface area contributed by atoms with Crippen LogP contribution in [0.5, 0.6) is 5.75 Å². The van der Waals surface area contributed by atoms with Crippen molar-refractivity contribution in [2.75, 3.05) is 7.11 Å². The fourth-order valence-corrected chi connectivity index (χ4v) is 2.83. The topological polar surface area (TPSA) is 92.7 Å². The second-order valence-corrected chi connectivity index (χ2v) is 6.41. The van der Waals surface area contributed by atoms with Crippen molar-refractivity contribution in [3.63, 3.8) is 0 Å². The maximum Gasteiger partial charge on any atom is 0.323 e. The zero-order valence-electron chi connectivity index (χ0n) is 11.7. The van der Waals surface area contributed by atoms with Crippen molar-refractivity contribution in [2.45, 2.75) is 31.6 Å². The Kier molecular flexibility index (Phi) is 5.52. The Labute approximate surface area is 118 Å². The van der Waals surface area contributed by atoms with Crippen molar-refractivity contribution in [3.05, 3.63) is 29.8 Å². The monoisotopic (exact) mass is 301 g/mol. The maximum absolute atomic E-state index is 11.9. The van der Waals surface area contributed by atoms with Gasteiger partial charge >= 0.3 is 5.97 Å². The molecule has 0 aliphatic carbocycles. The molecule has 0 aliphatic heterocycles. The second kappa shape index (κ2) is 6.71. The first kappa shape index (κ1) is 16.5. The van der Waals surface area contributed by atoms with Gasteiger partial charge in [-0.3, -0.25) is 4.79 Å². The van der Waals surface area contributed by atoms with Crippen LogP contribution in [0.4, 0.5) is 0 Å². The molecule has 0 radical (unpaired) electrons. The number of ether oxygens (including phenoxy) is 1. The molecule has 1 aromatic carbocycles. The third kappa shape index (κ3) is 3.94. The Morgan fingerprint density at radius 3 is 2.30 bits per heavy atom. The van der Waals surface area contributed by atoms with E-state index in [1.165, 1.54) is 0 Å². The standard InChI is InChI=1S/C13H19NO5S/c1-4-12(10-5-7-11(19-3)8-6-10)14-20(17,18)9(2)13(15)16/h5-9,12,14H,4H2,1-3H3,(H,15,16). The lowest BCUT2D eigenvalue weighted by atomic mass is 10.1. The number of nitrogens with one attached hydrogen (secondary N) is 1. The number of carboxylic acids is 1. The van der Waals surface area contributed by atoms with Crippen LogP contribution in [-0.4, -0.2) is 31.9 Å². The van der Waals surface area contributed by atoms with Gasteiger partial charge in [0.2, 0.25) is 10.0 Å². The maximum atomic E-state index is 11.9. The molecule has 1 aromatic rings. The Bertz CT molecular complexity index is 553. The highest BCUT2D eigenvalue weighted by Gasteiger charge is 2.29. The summed E-state index contributed by atoms with van der Waals surface area (Å²) in [4.78, 5) is 10.8. The van der Waals surface area contributed by atoms with Crippen LogP contribution in [0.25, 0.3) is 0 Å². The summed E-state index contributed by atoms with van der Waals surface area (Å²) in [6.07, 6.45) is 0.512. The van der Waals surface area contributed by atoms with Gasteiger partial charge in [0, 0.05) is 6.04 Å². The molecule has 2 N–H and O–H groups in total. The quantitative estimate of drug-likeness (QED) is 0.797. The molecule has 0 bridgehead atoms. The molecule has 0 spiro atoms. The van der Waals surface area contributed by atoms with Gasteiger partial charge < -0.3 is 9.84 Å². The molecule has 0 amide bonds. The molecule has 112 valence electrons. The van der Waals surface area contributed by atoms with Crippen LogP contribution < -0.4 is 9.46 Å². The minimum atomic E-state index is -3.92. The third-order valence-electron chi connectivity index (χ3n) is 3.05. The number of rotatable bonds is 7. The van der Waals surface area contributed by atoms with Crippen molar-refractivity contribution in [2.24, 2.45) is 0 Å². The SMILES string of the molecule is CCC(NS(=O)(=O)C(C)C(=O)O)c1ccc(OC)cc1. The van der Waals surface area contributed by atoms with Gasteiger partial charge in [0.25, 0.3) is 0 Å². The van der Waals surface area contributed by atoms with Crippen LogP contribution in [0.15, 0.2) is 24.3 Å². The molecule has 0 aliphatic rings. The summed E-state index contributed by atoms with van der Waals surface area (Å²) in [5.41, 5.74) is 0.759. The molecular formula is C13H19NO5S. The molecule has 0 heterocycles. The van der Waals surface area contributed by atoms with E-state index in [2.05, 4.69) is 4.72 Å². The van der Waals surface area contributed by atoms with Crippen molar-refractivity contribution < 1.29 is 23.1 Å². The largest absolute Gasteiger partial charge is 0.497 e. The summed E-state index contributed by atoms with van der Waals surface area (Å²) in [6.45, 7) is 2.97. The van der Waals surface area contributed by atoms with E-state index < -0.39 is 27.3 Å². The lowest BCUT2D eigenvalue weighted by molar-refractivity contribution is -0.136. The van der Waals surface area contributed by atoms with Gasteiger partial charge in [-0.15, -0.1) is 0 Å². The predicted molar refractivity (Wildman–Crippen MR) is 75.2 cm³/mol. The van der Waals surface area contributed by atoms with Crippen molar-refractivity contribution in [3.8, 4) is 5.75 Å². The predicted octanol–water partition coefficient (Wildman–Crippen LogP) is 1.54. The molecule has 2 unspecified atom stereocenters. The number of carboxylic acid groups (broad SMARTS) is 1. The molecule has 0 fully saturated rings. The number of methoxy groups -OCH3 is 1. The van der Waals surface area contributed by atoms with Crippen LogP contribution in [0, 0.1) is 0 Å². The van der Waals surface area contributed by atoms with E-state index in [9.17, 15) is 13.2 Å². The van der Waals surface area contributed by atoms with E-state index in [0.29, 0.717) is 12.2 Å². The molecule has 0 aromatic heterocycles. The first-order valence-electron chi connectivity index (χ1n) is 6.19. The fourth-order valence-electron chi connectivity index (χ4n) is 1.66. The minimum Gasteiger partial charge on any atom is -0.497 e. The van der Waals surface area contributed by atoms with Crippen LogP contribution >= 0.6 is 0 Å². The van der Waals surface area contributed by atoms with E-state index >= 15 is 0 Å². The second-order valence-electron chi connectivity index (χ2n) is 4.38. The van der Waals surface area contributed by atoms with Crippen molar-refractivity contribution >= 4 is 16.0 Å². The Hall–Kier alpha value is -1.60. The van der Waals surface area contributed by atoms with Gasteiger partial charge in [0.1, 0.15) is 5.75 Å². The van der Waals surface area contributed by atoms with E-state index in [-0.39, 0.29) is 0 Å². The highest BCUT2D eigenvalue weighted by molar-refractivity contribution is 7.90. The molecule has 0 saturated carbocycles. The van der Waals surface area contributed by atoms with Crippen LogP contribution in [-0.2, 0) is 14.8 Å². The number of sulfonamides is 1. The first-order valence-corrected chi connectivity index (χ1v) is 7.74. The van der Waals surface area contributed by atoms with Gasteiger partial charge in [-0.1, -0.05) is 19.1 Å². The van der Waals surface area contributed by atoms with Crippen molar-refractivity contribution in [1.82, 2.24) is 4.72 Å². The highest BCUT2D eigenvalue weighted by Crippen LogP contribution is 2.21. The average Bonchev–Trinajstić information content (AvgIpc) is 2.44. The molecular weight excluding hydrogens is 282 g/mol. The summed E-state index contributed by atoms with van der Waals surface area (Å²) in [7, 11) is -2.37. The molecule has 20 heavy (non-hydrogen) atoms. The molecule has 0 saturated heterocycles. The molecule has 1 rings (SSSR count). The molecule has 6 nitrogen and oxygen atoms in total. The Balaban J connectivity index is 2.94. The summed E-state index contributed by atoms with van der Waals surface area (Å²) in [5, 5.41) is 7.32. The number of hydrogen-bond donors (Lipinski definition) is 2. The third-order valence-corrected chi connectivity index (χ3v) is 4.79. The van der Waals surface area contributed by atoms with Crippen LogP contribution in [0.1, 0.15) is 31.9 Å². The number of benzene rings is 1. The van der Waals surface area contributed by atoms with E-state index in [1.807, 2.05) is 6.92 Å². The lowest BCUT2D eigenvalue weighted by Gasteiger charge is -2.19. The van der Waals surface area contributed by atoms with Crippen molar-refractivity contribution in [1.29, 1.82) is 0 Å². The van der Waals surface area contributed by atoms with Gasteiger partial charge in [-0.2, -0.15) is 0 Å². The Morgan fingerprint density at radius 2 is 1.90 bits per heavy atom. The summed E-state index contributed by atoms with van der Waals surface area (Å²) in [6, 6.07) is 6.49. The summed E-state index contributed by atoms with van der Waals surface area (Å²) < 4.78 is 31.3. The zero-order valence-corrected chi connectivity index (χ0v) is 12.5. The fraction of sp³-hybridized carbons (Fsp3) is 0.462. The van der Waals surface area contributed by atoms with Crippen LogP contribution in [0.3, 0.4) is 0 Å². The van der Waals surface area contributed by atoms with Gasteiger partial charge in [-0.25, -0.2) is 13.1 Å². The first-order chi connectivity index (χ1) is 9.31.